The summed E-state index contributed by atoms with van der Waals surface area (Å²) in [6, 6.07) is 8.87. The van der Waals surface area contributed by atoms with Gasteiger partial charge in [-0.25, -0.2) is 8.78 Å². The molecule has 32 heavy (non-hydrogen) atoms. The molecular formula is C24H23F2N3O3. The van der Waals surface area contributed by atoms with Crippen molar-refractivity contribution in [3.63, 3.8) is 0 Å². The number of aliphatic hydroxyl groups excluding tert-OH is 1. The highest BCUT2D eigenvalue weighted by atomic mass is 19.1. The van der Waals surface area contributed by atoms with Gasteiger partial charge in [0.15, 0.2) is 0 Å². The van der Waals surface area contributed by atoms with Gasteiger partial charge in [0.1, 0.15) is 23.4 Å². The molecule has 1 aromatic heterocycles. The molecule has 0 fully saturated rings. The third-order valence-corrected chi connectivity index (χ3v) is 6.45. The number of hydrogen-bond donors (Lipinski definition) is 1. The van der Waals surface area contributed by atoms with Crippen molar-refractivity contribution in [2.45, 2.75) is 38.5 Å². The first-order valence-electron chi connectivity index (χ1n) is 10.5. The minimum absolute atomic E-state index is 0.0283. The molecule has 0 spiro atoms. The number of aliphatic hydroxyl groups is 1. The number of halogens is 2. The topological polar surface area (TPSA) is 67.6 Å². The van der Waals surface area contributed by atoms with E-state index >= 15 is 0 Å². The molecule has 2 aliphatic rings. The smallest absolute Gasteiger partial charge is 0.219 e. The van der Waals surface area contributed by atoms with Crippen molar-refractivity contribution in [2.75, 3.05) is 13.7 Å². The lowest BCUT2D eigenvalue weighted by molar-refractivity contribution is -0.129. The Morgan fingerprint density at radius 3 is 2.62 bits per heavy atom. The van der Waals surface area contributed by atoms with Gasteiger partial charge in [-0.2, -0.15) is 5.10 Å². The van der Waals surface area contributed by atoms with E-state index < -0.39 is 23.8 Å². The molecule has 1 N–H and O–H groups in total. The van der Waals surface area contributed by atoms with E-state index in [1.807, 2.05) is 24.3 Å². The highest BCUT2D eigenvalue weighted by Crippen LogP contribution is 2.40. The van der Waals surface area contributed by atoms with E-state index in [1.165, 1.54) is 13.0 Å². The average Bonchev–Trinajstić information content (AvgIpc) is 3.30. The Balaban J connectivity index is 1.67. The fourth-order valence-electron chi connectivity index (χ4n) is 4.85. The highest BCUT2D eigenvalue weighted by molar-refractivity contribution is 5.74. The number of amides is 1. The molecule has 2 heterocycles. The van der Waals surface area contributed by atoms with Crippen LogP contribution in [0.3, 0.4) is 0 Å². The van der Waals surface area contributed by atoms with Crippen LogP contribution >= 0.6 is 0 Å². The van der Waals surface area contributed by atoms with Crippen LogP contribution in [0.4, 0.5) is 8.78 Å². The van der Waals surface area contributed by atoms with Crippen molar-refractivity contribution < 1.29 is 23.4 Å². The molecule has 0 radical (unpaired) electrons. The normalized spacial score (nSPS) is 19.6. The van der Waals surface area contributed by atoms with Gasteiger partial charge in [-0.3, -0.25) is 9.48 Å². The van der Waals surface area contributed by atoms with E-state index in [2.05, 4.69) is 0 Å². The molecule has 1 aliphatic heterocycles. The second kappa shape index (κ2) is 7.70. The zero-order chi connectivity index (χ0) is 22.6. The van der Waals surface area contributed by atoms with Crippen molar-refractivity contribution in [2.24, 2.45) is 0 Å². The molecule has 0 saturated carbocycles. The highest BCUT2D eigenvalue weighted by Gasteiger charge is 2.39. The van der Waals surface area contributed by atoms with Crippen molar-refractivity contribution >= 4 is 5.91 Å². The fraction of sp³-hybridized carbons (Fsp3) is 0.333. The average molecular weight is 439 g/mol. The van der Waals surface area contributed by atoms with Gasteiger partial charge in [0.2, 0.25) is 5.91 Å². The predicted octanol–water partition coefficient (Wildman–Crippen LogP) is 3.25. The molecule has 1 aliphatic carbocycles. The molecule has 0 unspecified atom stereocenters. The summed E-state index contributed by atoms with van der Waals surface area (Å²) in [6.45, 7) is 2.44. The Morgan fingerprint density at radius 2 is 1.94 bits per heavy atom. The monoisotopic (exact) mass is 439 g/mol. The van der Waals surface area contributed by atoms with Crippen LogP contribution < -0.4 is 4.74 Å². The first kappa shape index (κ1) is 20.6. The molecule has 2 atom stereocenters. The van der Waals surface area contributed by atoms with Crippen LogP contribution in [0.25, 0.3) is 11.3 Å². The van der Waals surface area contributed by atoms with Gasteiger partial charge in [0, 0.05) is 55.7 Å². The Morgan fingerprint density at radius 1 is 1.19 bits per heavy atom. The molecular weight excluding hydrogens is 416 g/mol. The van der Waals surface area contributed by atoms with Gasteiger partial charge in [-0.15, -0.1) is 0 Å². The van der Waals surface area contributed by atoms with Gasteiger partial charge >= 0.3 is 0 Å². The summed E-state index contributed by atoms with van der Waals surface area (Å²) in [5, 5.41) is 15.7. The van der Waals surface area contributed by atoms with Gasteiger partial charge in [-0.05, 0) is 41.5 Å². The summed E-state index contributed by atoms with van der Waals surface area (Å²) in [5.41, 5.74) is 4.01. The first-order valence-corrected chi connectivity index (χ1v) is 10.5. The van der Waals surface area contributed by atoms with E-state index in [0.717, 1.165) is 22.9 Å². The molecule has 0 saturated heterocycles. The molecule has 0 bridgehead atoms. The lowest BCUT2D eigenvalue weighted by atomic mass is 10.00. The lowest BCUT2D eigenvalue weighted by Crippen LogP contribution is -2.35. The molecule has 2 aromatic carbocycles. The minimum atomic E-state index is -0.931. The summed E-state index contributed by atoms with van der Waals surface area (Å²) >= 11 is 0. The number of rotatable bonds is 3. The van der Waals surface area contributed by atoms with E-state index in [9.17, 15) is 18.7 Å². The summed E-state index contributed by atoms with van der Waals surface area (Å²) < 4.78 is 35.4. The lowest BCUT2D eigenvalue weighted by Gasteiger charge is -2.28. The van der Waals surface area contributed by atoms with E-state index in [1.54, 1.807) is 16.7 Å². The SMILES string of the molecule is COc1ccc(-c2nn([C@@H]3c4cc(F)cc(F)c4C[C@H]3O)c3c2CN(C(C)=O)CC3)cc1. The number of nitrogens with zero attached hydrogens (tertiary/aromatic N) is 3. The van der Waals surface area contributed by atoms with Crippen LogP contribution in [-0.2, 0) is 24.2 Å². The molecule has 5 rings (SSSR count). The molecule has 6 nitrogen and oxygen atoms in total. The van der Waals surface area contributed by atoms with Gasteiger partial charge < -0.3 is 14.7 Å². The number of hydrogen-bond acceptors (Lipinski definition) is 4. The summed E-state index contributed by atoms with van der Waals surface area (Å²) in [4.78, 5) is 13.8. The third-order valence-electron chi connectivity index (χ3n) is 6.45. The summed E-state index contributed by atoms with van der Waals surface area (Å²) in [7, 11) is 1.59. The quantitative estimate of drug-likeness (QED) is 0.681. The maximum Gasteiger partial charge on any atom is 0.219 e. The zero-order valence-corrected chi connectivity index (χ0v) is 17.8. The van der Waals surface area contributed by atoms with Crippen LogP contribution in [0.15, 0.2) is 36.4 Å². The van der Waals surface area contributed by atoms with Crippen molar-refractivity contribution in [1.82, 2.24) is 14.7 Å². The fourth-order valence-corrected chi connectivity index (χ4v) is 4.85. The van der Waals surface area contributed by atoms with E-state index in [-0.39, 0.29) is 12.3 Å². The second-order valence-electron chi connectivity index (χ2n) is 8.31. The molecule has 166 valence electrons. The van der Waals surface area contributed by atoms with Gasteiger partial charge in [0.05, 0.1) is 18.9 Å². The van der Waals surface area contributed by atoms with Crippen LogP contribution in [0.2, 0.25) is 0 Å². The minimum Gasteiger partial charge on any atom is -0.497 e. The number of methoxy groups -OCH3 is 1. The zero-order valence-electron chi connectivity index (χ0n) is 17.8. The Hall–Kier alpha value is -3.26. The maximum absolute atomic E-state index is 14.4. The van der Waals surface area contributed by atoms with Crippen LogP contribution in [0.5, 0.6) is 5.75 Å². The van der Waals surface area contributed by atoms with Crippen molar-refractivity contribution in [3.05, 3.63) is 70.4 Å². The van der Waals surface area contributed by atoms with Crippen molar-refractivity contribution in [3.8, 4) is 17.0 Å². The number of benzene rings is 2. The van der Waals surface area contributed by atoms with Gasteiger partial charge in [0.25, 0.3) is 0 Å². The second-order valence-corrected chi connectivity index (χ2v) is 8.31. The first-order chi connectivity index (χ1) is 15.4. The van der Waals surface area contributed by atoms with E-state index in [0.29, 0.717) is 42.1 Å². The van der Waals surface area contributed by atoms with Crippen LogP contribution in [0, 0.1) is 11.6 Å². The third kappa shape index (κ3) is 3.26. The van der Waals surface area contributed by atoms with Crippen molar-refractivity contribution in [1.29, 1.82) is 0 Å². The molecule has 1 amide bonds. The largest absolute Gasteiger partial charge is 0.497 e. The maximum atomic E-state index is 14.4. The Labute approximate surface area is 184 Å². The Bertz CT molecular complexity index is 1210. The number of carbonyl (C=O) groups excluding carboxylic acids is 1. The summed E-state index contributed by atoms with van der Waals surface area (Å²) in [6.07, 6.45) is -0.299. The van der Waals surface area contributed by atoms with Crippen LogP contribution in [0.1, 0.15) is 35.3 Å². The van der Waals surface area contributed by atoms with E-state index in [4.69, 9.17) is 9.84 Å². The van der Waals surface area contributed by atoms with Crippen LogP contribution in [-0.4, -0.2) is 45.5 Å². The van der Waals surface area contributed by atoms with Gasteiger partial charge in [-0.1, -0.05) is 0 Å². The number of ether oxygens (including phenoxy) is 1. The number of aromatic nitrogens is 2. The standard InChI is InChI=1S/C24H23F2N3O3/c1-13(30)28-8-7-21-19(12-28)23(14-3-5-16(32-2)6-4-14)27-29(21)24-18-9-15(25)10-20(26)17(18)11-22(24)31/h3-6,9-10,22,24,31H,7-8,11-12H2,1-2H3/t22-,24-/m1/s1. The summed E-state index contributed by atoms with van der Waals surface area (Å²) in [5.74, 6) is -0.654. The molecule has 8 heteroatoms. The number of carbonyl (C=O) groups is 1. The molecule has 3 aromatic rings. The predicted molar refractivity (Wildman–Crippen MR) is 113 cm³/mol. The number of fused-ring (bicyclic) bond motifs is 2. The Kier molecular flexibility index (Phi) is 4.97.